The fraction of sp³-hybridized carbons (Fsp3) is 0.700. The second kappa shape index (κ2) is 3.50. The van der Waals surface area contributed by atoms with Crippen molar-refractivity contribution in [2.45, 2.75) is 38.0 Å². The Bertz CT molecular complexity index is 259. The van der Waals surface area contributed by atoms with E-state index < -0.39 is 0 Å². The summed E-state index contributed by atoms with van der Waals surface area (Å²) >= 11 is 0. The number of oxazole rings is 1. The summed E-state index contributed by atoms with van der Waals surface area (Å²) < 4.78 is 5.57. The van der Waals surface area contributed by atoms with Crippen LogP contribution in [-0.2, 0) is 0 Å². The average Bonchev–Trinajstić information content (AvgIpc) is 2.49. The molecule has 1 heterocycles. The summed E-state index contributed by atoms with van der Waals surface area (Å²) in [6.07, 6.45) is 5.44. The van der Waals surface area contributed by atoms with Crippen LogP contribution in [0.15, 0.2) is 10.6 Å². The summed E-state index contributed by atoms with van der Waals surface area (Å²) in [6, 6.07) is 0. The predicted molar refractivity (Wildman–Crippen MR) is 48.6 cm³/mol. The van der Waals surface area contributed by atoms with Crippen LogP contribution >= 0.6 is 0 Å². The molecule has 13 heavy (non-hydrogen) atoms. The molecule has 0 spiro atoms. The predicted octanol–water partition coefficient (Wildman–Crippen LogP) is 2.04. The maximum Gasteiger partial charge on any atom is 0.197 e. The minimum absolute atomic E-state index is 0.0707. The molecule has 1 atom stereocenters. The first-order chi connectivity index (χ1) is 6.31. The Hall–Kier alpha value is -0.830. The zero-order chi connectivity index (χ0) is 9.26. The highest BCUT2D eigenvalue weighted by Gasteiger charge is 2.24. The molecule has 0 aromatic carbocycles. The molecular weight excluding hydrogens is 166 g/mol. The summed E-state index contributed by atoms with van der Waals surface area (Å²) in [6.45, 7) is 2.06. The van der Waals surface area contributed by atoms with E-state index in [2.05, 4.69) is 4.98 Å². The van der Waals surface area contributed by atoms with Crippen LogP contribution in [0.3, 0.4) is 0 Å². The van der Waals surface area contributed by atoms with Gasteiger partial charge in [-0.05, 0) is 12.8 Å². The lowest BCUT2D eigenvalue weighted by Crippen LogP contribution is -2.08. The average molecular weight is 181 g/mol. The maximum absolute atomic E-state index is 8.92. The van der Waals surface area contributed by atoms with Gasteiger partial charge in [-0.1, -0.05) is 13.3 Å². The third-order valence-electron chi connectivity index (χ3n) is 2.76. The highest BCUT2D eigenvalue weighted by Crippen LogP contribution is 2.36. The second-order valence-electron chi connectivity index (χ2n) is 3.81. The van der Waals surface area contributed by atoms with E-state index in [0.29, 0.717) is 5.92 Å². The Labute approximate surface area is 77.8 Å². The summed E-state index contributed by atoms with van der Waals surface area (Å²) in [7, 11) is 0. The van der Waals surface area contributed by atoms with Gasteiger partial charge in [-0.15, -0.1) is 0 Å². The smallest absolute Gasteiger partial charge is 0.197 e. The second-order valence-corrected chi connectivity index (χ2v) is 3.81. The van der Waals surface area contributed by atoms with Crippen LogP contribution in [0, 0.1) is 0 Å². The molecule has 3 heteroatoms. The molecule has 0 bridgehead atoms. The first-order valence-electron chi connectivity index (χ1n) is 4.87. The molecule has 1 unspecified atom stereocenters. The highest BCUT2D eigenvalue weighted by atomic mass is 16.4. The minimum atomic E-state index is 0.0707. The zero-order valence-electron chi connectivity index (χ0n) is 7.86. The van der Waals surface area contributed by atoms with Gasteiger partial charge in [0.05, 0.1) is 12.8 Å². The molecule has 2 rings (SSSR count). The van der Waals surface area contributed by atoms with Gasteiger partial charge in [0.25, 0.3) is 0 Å². The number of aliphatic hydroxyl groups is 1. The van der Waals surface area contributed by atoms with Crippen LogP contribution in [0.2, 0.25) is 0 Å². The minimum Gasteiger partial charge on any atom is -0.445 e. The Kier molecular flexibility index (Phi) is 2.36. The number of hydrogen-bond donors (Lipinski definition) is 1. The van der Waals surface area contributed by atoms with Crippen molar-refractivity contribution in [2.24, 2.45) is 0 Å². The lowest BCUT2D eigenvalue weighted by Gasteiger charge is -2.21. The van der Waals surface area contributed by atoms with E-state index in [-0.39, 0.29) is 12.5 Å². The van der Waals surface area contributed by atoms with E-state index in [9.17, 15) is 0 Å². The Morgan fingerprint density at radius 2 is 2.46 bits per heavy atom. The van der Waals surface area contributed by atoms with Gasteiger partial charge in [0, 0.05) is 11.8 Å². The van der Waals surface area contributed by atoms with Crippen LogP contribution in [0.5, 0.6) is 0 Å². The molecule has 1 aromatic heterocycles. The summed E-state index contributed by atoms with van der Waals surface area (Å²) in [4.78, 5) is 4.23. The van der Waals surface area contributed by atoms with Crippen molar-refractivity contribution < 1.29 is 9.52 Å². The van der Waals surface area contributed by atoms with Gasteiger partial charge in [0.1, 0.15) is 5.76 Å². The zero-order valence-corrected chi connectivity index (χ0v) is 7.86. The molecule has 0 aliphatic heterocycles. The Morgan fingerprint density at radius 1 is 1.69 bits per heavy atom. The maximum atomic E-state index is 8.92. The van der Waals surface area contributed by atoms with Crippen LogP contribution in [0.1, 0.15) is 49.7 Å². The first kappa shape index (κ1) is 8.75. The quantitative estimate of drug-likeness (QED) is 0.776. The van der Waals surface area contributed by atoms with E-state index in [1.165, 1.54) is 19.3 Å². The van der Waals surface area contributed by atoms with Crippen LogP contribution < -0.4 is 0 Å². The molecule has 3 nitrogen and oxygen atoms in total. The first-order valence-corrected chi connectivity index (χ1v) is 4.87. The molecule has 0 saturated heterocycles. The summed E-state index contributed by atoms with van der Waals surface area (Å²) in [5, 5.41) is 8.92. The van der Waals surface area contributed by atoms with Crippen molar-refractivity contribution in [1.29, 1.82) is 0 Å². The van der Waals surface area contributed by atoms with Crippen LogP contribution in [-0.4, -0.2) is 16.7 Å². The number of hydrogen-bond acceptors (Lipinski definition) is 3. The third-order valence-corrected chi connectivity index (χ3v) is 2.76. The van der Waals surface area contributed by atoms with Crippen molar-refractivity contribution in [3.05, 3.63) is 17.8 Å². The normalized spacial score (nSPS) is 19.8. The number of nitrogens with zero attached hydrogens (tertiary/aromatic N) is 1. The third kappa shape index (κ3) is 1.61. The lowest BCUT2D eigenvalue weighted by atomic mass is 9.85. The van der Waals surface area contributed by atoms with Gasteiger partial charge in [-0.25, -0.2) is 4.98 Å². The topological polar surface area (TPSA) is 46.3 Å². The van der Waals surface area contributed by atoms with Gasteiger partial charge >= 0.3 is 0 Å². The SMILES string of the molecule is CC(CO)c1cnc(C2CCC2)o1. The van der Waals surface area contributed by atoms with Gasteiger partial charge in [-0.2, -0.15) is 0 Å². The van der Waals surface area contributed by atoms with Crippen molar-refractivity contribution in [3.63, 3.8) is 0 Å². The monoisotopic (exact) mass is 181 g/mol. The van der Waals surface area contributed by atoms with Gasteiger partial charge in [-0.3, -0.25) is 0 Å². The van der Waals surface area contributed by atoms with Crippen molar-refractivity contribution in [1.82, 2.24) is 4.98 Å². The van der Waals surface area contributed by atoms with Gasteiger partial charge < -0.3 is 9.52 Å². The number of aromatic nitrogens is 1. The Balaban J connectivity index is 2.08. The molecule has 1 aromatic rings. The van der Waals surface area contributed by atoms with E-state index in [1.54, 1.807) is 6.20 Å². The van der Waals surface area contributed by atoms with E-state index in [4.69, 9.17) is 9.52 Å². The Morgan fingerprint density at radius 3 is 3.00 bits per heavy atom. The lowest BCUT2D eigenvalue weighted by molar-refractivity contribution is 0.249. The number of aliphatic hydroxyl groups excluding tert-OH is 1. The largest absolute Gasteiger partial charge is 0.445 e. The fourth-order valence-electron chi connectivity index (χ4n) is 1.46. The molecule has 1 N–H and O–H groups in total. The standard InChI is InChI=1S/C10H15NO2/c1-7(6-12)9-5-11-10(13-9)8-3-2-4-8/h5,7-8,12H,2-4,6H2,1H3. The van der Waals surface area contributed by atoms with Crippen LogP contribution in [0.4, 0.5) is 0 Å². The van der Waals surface area contributed by atoms with Crippen molar-refractivity contribution in [3.8, 4) is 0 Å². The van der Waals surface area contributed by atoms with Gasteiger partial charge in [0.15, 0.2) is 5.89 Å². The summed E-state index contributed by atoms with van der Waals surface area (Å²) in [5.74, 6) is 2.28. The summed E-state index contributed by atoms with van der Waals surface area (Å²) in [5.41, 5.74) is 0. The molecule has 1 aliphatic carbocycles. The van der Waals surface area contributed by atoms with Crippen LogP contribution in [0.25, 0.3) is 0 Å². The fourth-order valence-corrected chi connectivity index (χ4v) is 1.46. The molecule has 72 valence electrons. The molecule has 0 radical (unpaired) electrons. The van der Waals surface area contributed by atoms with Crippen molar-refractivity contribution >= 4 is 0 Å². The number of rotatable bonds is 3. The molecular formula is C10H15NO2. The van der Waals surface area contributed by atoms with E-state index >= 15 is 0 Å². The molecule has 1 fully saturated rings. The van der Waals surface area contributed by atoms with Gasteiger partial charge in [0.2, 0.25) is 0 Å². The molecule has 1 saturated carbocycles. The molecule has 0 amide bonds. The molecule has 1 aliphatic rings. The highest BCUT2D eigenvalue weighted by molar-refractivity contribution is 5.05. The van der Waals surface area contributed by atoms with E-state index in [0.717, 1.165) is 11.7 Å². The van der Waals surface area contributed by atoms with E-state index in [1.807, 2.05) is 6.92 Å². The van der Waals surface area contributed by atoms with Crippen molar-refractivity contribution in [2.75, 3.05) is 6.61 Å².